The monoisotopic (exact) mass is 473 g/mol. The summed E-state index contributed by atoms with van der Waals surface area (Å²) in [7, 11) is 0. The number of carbonyl (C=O) groups excluding carboxylic acids is 2. The number of hydrogen-bond acceptors (Lipinski definition) is 4. The number of hydrogen-bond donors (Lipinski definition) is 2. The van der Waals surface area contributed by atoms with Crippen LogP contribution >= 0.6 is 0 Å². The number of rotatable bonds is 4. The van der Waals surface area contributed by atoms with Crippen molar-refractivity contribution in [3.63, 3.8) is 0 Å². The molecule has 0 radical (unpaired) electrons. The summed E-state index contributed by atoms with van der Waals surface area (Å²) in [6, 6.07) is 8.24. The first-order valence-corrected chi connectivity index (χ1v) is 11.5. The summed E-state index contributed by atoms with van der Waals surface area (Å²) in [5.74, 6) is -0.122. The van der Waals surface area contributed by atoms with Gasteiger partial charge in [0.25, 0.3) is 0 Å². The van der Waals surface area contributed by atoms with E-state index in [9.17, 15) is 22.8 Å². The van der Waals surface area contributed by atoms with Crippen LogP contribution in [0.3, 0.4) is 0 Å². The van der Waals surface area contributed by atoms with Gasteiger partial charge in [-0.25, -0.2) is 9.78 Å². The molecule has 1 aromatic heterocycles. The van der Waals surface area contributed by atoms with Crippen LogP contribution in [0, 0.1) is 5.92 Å². The van der Waals surface area contributed by atoms with Crippen LogP contribution in [-0.4, -0.2) is 52.4 Å². The Hall–Kier alpha value is -3.30. The molecule has 7 nitrogen and oxygen atoms in total. The van der Waals surface area contributed by atoms with E-state index in [1.54, 1.807) is 4.90 Å². The van der Waals surface area contributed by atoms with Crippen molar-refractivity contribution in [2.24, 2.45) is 5.92 Å². The predicted molar refractivity (Wildman–Crippen MR) is 119 cm³/mol. The summed E-state index contributed by atoms with van der Waals surface area (Å²) in [5.41, 5.74) is 2.39. The molecular formula is C24H26F3N5O2. The molecule has 2 aliphatic heterocycles. The summed E-state index contributed by atoms with van der Waals surface area (Å²) >= 11 is 0. The van der Waals surface area contributed by atoms with Crippen LogP contribution in [0.25, 0.3) is 0 Å². The maximum atomic E-state index is 13.2. The molecule has 180 valence electrons. The number of pyridine rings is 1. The van der Waals surface area contributed by atoms with Gasteiger partial charge < -0.3 is 20.4 Å². The van der Waals surface area contributed by atoms with Gasteiger partial charge in [-0.2, -0.15) is 13.2 Å². The fourth-order valence-electron chi connectivity index (χ4n) is 4.60. The van der Waals surface area contributed by atoms with Crippen LogP contribution in [0.4, 0.5) is 29.3 Å². The molecule has 1 unspecified atom stereocenters. The molecule has 3 amide bonds. The standard InChI is InChI=1S/C24H26F3N5O2/c25-24(26,27)21-7-6-18(12-28-21)29-20-3-1-2-15-13-31(11-9-19(15)20)22(33)16-8-10-32(14-16)23(34)30-17-4-5-17/h1-3,6-7,12,16-17,29H,4-5,8-11,13-14H2,(H,30,34). The van der Waals surface area contributed by atoms with Gasteiger partial charge in [0.05, 0.1) is 17.8 Å². The lowest BCUT2D eigenvalue weighted by Crippen LogP contribution is -2.43. The molecule has 3 aliphatic rings. The van der Waals surface area contributed by atoms with E-state index in [1.165, 1.54) is 12.3 Å². The first-order valence-electron chi connectivity index (χ1n) is 11.5. The lowest BCUT2D eigenvalue weighted by Gasteiger charge is -2.32. The average Bonchev–Trinajstić information content (AvgIpc) is 3.49. The van der Waals surface area contributed by atoms with E-state index in [2.05, 4.69) is 15.6 Å². The highest BCUT2D eigenvalue weighted by Crippen LogP contribution is 2.32. The van der Waals surface area contributed by atoms with Gasteiger partial charge in [-0.1, -0.05) is 12.1 Å². The van der Waals surface area contributed by atoms with Gasteiger partial charge in [-0.3, -0.25) is 4.79 Å². The zero-order valence-electron chi connectivity index (χ0n) is 18.6. The number of benzene rings is 1. The summed E-state index contributed by atoms with van der Waals surface area (Å²) in [5, 5.41) is 6.14. The average molecular weight is 473 g/mol. The Kier molecular flexibility index (Phi) is 5.83. The summed E-state index contributed by atoms with van der Waals surface area (Å²) in [6.07, 6.45) is 0.0618. The number of carbonyl (C=O) groups is 2. The Bertz CT molecular complexity index is 1090. The second-order valence-corrected chi connectivity index (χ2v) is 9.16. The normalized spacial score (nSPS) is 20.1. The molecule has 1 aromatic carbocycles. The van der Waals surface area contributed by atoms with Crippen molar-refractivity contribution in [1.82, 2.24) is 20.1 Å². The Labute approximate surface area is 195 Å². The number of urea groups is 1. The number of aromatic nitrogens is 1. The molecule has 1 saturated carbocycles. The van der Waals surface area contributed by atoms with Crippen molar-refractivity contribution in [2.45, 2.75) is 44.4 Å². The largest absolute Gasteiger partial charge is 0.433 e. The van der Waals surface area contributed by atoms with Crippen molar-refractivity contribution < 1.29 is 22.8 Å². The predicted octanol–water partition coefficient (Wildman–Crippen LogP) is 3.92. The number of anilines is 2. The minimum atomic E-state index is -4.47. The Morgan fingerprint density at radius 2 is 1.85 bits per heavy atom. The molecule has 1 aliphatic carbocycles. The van der Waals surface area contributed by atoms with E-state index in [-0.39, 0.29) is 17.9 Å². The second kappa shape index (κ2) is 8.81. The van der Waals surface area contributed by atoms with Gasteiger partial charge in [-0.05, 0) is 55.0 Å². The maximum absolute atomic E-state index is 13.2. The Morgan fingerprint density at radius 1 is 1.03 bits per heavy atom. The fraction of sp³-hybridized carbons (Fsp3) is 0.458. The van der Waals surface area contributed by atoms with Crippen molar-refractivity contribution in [2.75, 3.05) is 25.0 Å². The zero-order valence-corrected chi connectivity index (χ0v) is 18.6. The van der Waals surface area contributed by atoms with Crippen molar-refractivity contribution >= 4 is 23.3 Å². The molecule has 2 N–H and O–H groups in total. The van der Waals surface area contributed by atoms with E-state index in [4.69, 9.17) is 0 Å². The van der Waals surface area contributed by atoms with E-state index in [0.717, 1.165) is 35.7 Å². The van der Waals surface area contributed by atoms with Crippen LogP contribution in [0.2, 0.25) is 0 Å². The Morgan fingerprint density at radius 3 is 2.56 bits per heavy atom. The Balaban J connectivity index is 1.22. The third kappa shape index (κ3) is 4.80. The molecular weight excluding hydrogens is 447 g/mol. The number of fused-ring (bicyclic) bond motifs is 1. The quantitative estimate of drug-likeness (QED) is 0.706. The van der Waals surface area contributed by atoms with Crippen LogP contribution in [0.15, 0.2) is 36.5 Å². The van der Waals surface area contributed by atoms with Gasteiger partial charge in [-0.15, -0.1) is 0 Å². The summed E-state index contributed by atoms with van der Waals surface area (Å²) in [6.45, 7) is 2.07. The fourth-order valence-corrected chi connectivity index (χ4v) is 4.60. The lowest BCUT2D eigenvalue weighted by molar-refractivity contribution is -0.141. The zero-order chi connectivity index (χ0) is 23.9. The number of alkyl halides is 3. The highest BCUT2D eigenvalue weighted by atomic mass is 19.4. The van der Waals surface area contributed by atoms with Gasteiger partial charge in [0.1, 0.15) is 5.69 Å². The van der Waals surface area contributed by atoms with Crippen molar-refractivity contribution in [3.8, 4) is 0 Å². The number of nitrogens with zero attached hydrogens (tertiary/aromatic N) is 3. The third-order valence-corrected chi connectivity index (χ3v) is 6.64. The van der Waals surface area contributed by atoms with Gasteiger partial charge in [0.15, 0.2) is 0 Å². The molecule has 3 heterocycles. The third-order valence-electron chi connectivity index (χ3n) is 6.64. The molecule has 10 heteroatoms. The second-order valence-electron chi connectivity index (χ2n) is 9.16. The molecule has 1 saturated heterocycles. The highest BCUT2D eigenvalue weighted by molar-refractivity contribution is 5.82. The van der Waals surface area contributed by atoms with Crippen LogP contribution in [-0.2, 0) is 23.9 Å². The maximum Gasteiger partial charge on any atom is 0.433 e. The van der Waals surface area contributed by atoms with Crippen LogP contribution in [0.1, 0.15) is 36.1 Å². The van der Waals surface area contributed by atoms with Crippen molar-refractivity contribution in [1.29, 1.82) is 0 Å². The van der Waals surface area contributed by atoms with E-state index < -0.39 is 11.9 Å². The molecule has 34 heavy (non-hydrogen) atoms. The molecule has 0 bridgehead atoms. The lowest BCUT2D eigenvalue weighted by atomic mass is 9.96. The molecule has 2 aromatic rings. The summed E-state index contributed by atoms with van der Waals surface area (Å²) in [4.78, 5) is 32.5. The van der Waals surface area contributed by atoms with E-state index >= 15 is 0 Å². The van der Waals surface area contributed by atoms with Gasteiger partial charge in [0.2, 0.25) is 5.91 Å². The first kappa shape index (κ1) is 22.5. The van der Waals surface area contributed by atoms with Gasteiger partial charge in [0, 0.05) is 37.9 Å². The molecule has 1 atom stereocenters. The highest BCUT2D eigenvalue weighted by Gasteiger charge is 2.36. The SMILES string of the molecule is O=C(NC1CC1)N1CCC(C(=O)N2CCc3c(cccc3Nc3ccc(C(F)(F)F)nc3)C2)C1. The van der Waals surface area contributed by atoms with E-state index in [0.29, 0.717) is 50.7 Å². The van der Waals surface area contributed by atoms with Crippen LogP contribution in [0.5, 0.6) is 0 Å². The number of amides is 3. The smallest absolute Gasteiger partial charge is 0.354 e. The minimum Gasteiger partial charge on any atom is -0.354 e. The van der Waals surface area contributed by atoms with Gasteiger partial charge >= 0.3 is 12.2 Å². The molecule has 2 fully saturated rings. The van der Waals surface area contributed by atoms with E-state index in [1.807, 2.05) is 23.1 Å². The molecule has 0 spiro atoms. The van der Waals surface area contributed by atoms with Crippen LogP contribution < -0.4 is 10.6 Å². The number of nitrogens with one attached hydrogen (secondary N) is 2. The molecule has 5 rings (SSSR count). The topological polar surface area (TPSA) is 77.6 Å². The summed E-state index contributed by atoms with van der Waals surface area (Å²) < 4.78 is 38.3. The first-order chi connectivity index (χ1) is 16.3. The number of likely N-dealkylation sites (tertiary alicyclic amines) is 1. The number of halogens is 3. The van der Waals surface area contributed by atoms with Crippen molar-refractivity contribution in [3.05, 3.63) is 53.3 Å². The minimum absolute atomic E-state index is 0.0673.